The zero-order chi connectivity index (χ0) is 23.2. The van der Waals surface area contributed by atoms with Crippen LogP contribution in [0.2, 0.25) is 0 Å². The van der Waals surface area contributed by atoms with Crippen molar-refractivity contribution in [3.63, 3.8) is 0 Å². The third-order valence-corrected chi connectivity index (χ3v) is 4.23. The summed E-state index contributed by atoms with van der Waals surface area (Å²) in [6.45, 7) is 4.38. The lowest BCUT2D eigenvalue weighted by molar-refractivity contribution is -0.288. The average Bonchev–Trinajstić information content (AvgIpc) is 2.57. The smallest absolute Gasteiger partial charge is 0.303 e. The summed E-state index contributed by atoms with van der Waals surface area (Å²) in [6, 6.07) is 0. The van der Waals surface area contributed by atoms with Gasteiger partial charge in [0.1, 0.15) is 5.60 Å². The van der Waals surface area contributed by atoms with Gasteiger partial charge in [-0.3, -0.25) is 24.0 Å². The largest absolute Gasteiger partial charge is 0.455 e. The van der Waals surface area contributed by atoms with Crippen LogP contribution in [-0.4, -0.2) is 82.8 Å². The van der Waals surface area contributed by atoms with Crippen LogP contribution in [0.4, 0.5) is 0 Å². The number of carbonyl (C=O) groups excluding carboxylic acids is 5. The number of hydrogen-bond acceptors (Lipinski definition) is 12. The number of esters is 5. The maximum absolute atomic E-state index is 11.7. The molecule has 0 aromatic heterocycles. The second kappa shape index (κ2) is 10.3. The summed E-state index contributed by atoms with van der Waals surface area (Å²) in [6.07, 6.45) is -8.93. The van der Waals surface area contributed by atoms with Crippen molar-refractivity contribution in [2.45, 2.75) is 77.2 Å². The summed E-state index contributed by atoms with van der Waals surface area (Å²) in [4.78, 5) is 58.5. The van der Waals surface area contributed by atoms with E-state index in [1.807, 2.05) is 0 Å². The minimum atomic E-state index is -2.37. The van der Waals surface area contributed by atoms with E-state index < -0.39 is 79.0 Å². The zero-order valence-electron chi connectivity index (χ0n) is 17.3. The van der Waals surface area contributed by atoms with Gasteiger partial charge in [-0.05, 0) is 0 Å². The Labute approximate surface area is 172 Å². The lowest BCUT2D eigenvalue weighted by Gasteiger charge is -2.51. The molecule has 0 amide bonds. The minimum absolute atomic E-state index is 0.536. The maximum Gasteiger partial charge on any atom is 0.303 e. The van der Waals surface area contributed by atoms with Crippen molar-refractivity contribution >= 4 is 29.8 Å². The normalized spacial score (nSPS) is 30.6. The molecule has 0 bridgehead atoms. The Kier molecular flexibility index (Phi) is 8.73. The van der Waals surface area contributed by atoms with Gasteiger partial charge in [0.05, 0.1) is 0 Å². The van der Waals surface area contributed by atoms with Gasteiger partial charge in [-0.15, -0.1) is 0 Å². The molecular formula is C18H26O12. The molecule has 0 aliphatic heterocycles. The van der Waals surface area contributed by atoms with Crippen LogP contribution in [0.1, 0.15) is 41.0 Å². The van der Waals surface area contributed by atoms with Gasteiger partial charge in [0.2, 0.25) is 0 Å². The van der Waals surface area contributed by atoms with Gasteiger partial charge >= 0.3 is 29.8 Å². The molecule has 0 spiro atoms. The number of rotatable bonds is 7. The van der Waals surface area contributed by atoms with E-state index in [1.54, 1.807) is 0 Å². The molecule has 3 unspecified atom stereocenters. The third kappa shape index (κ3) is 6.13. The van der Waals surface area contributed by atoms with Crippen LogP contribution in [0, 0.1) is 0 Å². The molecule has 2 N–H and O–H groups in total. The SMILES string of the molecule is CC(=O)OC1C(OC(C)=O)[C@](O)(CCO)[C@@H](OC(C)=O)C(OC(C)=O)[C@H]1OC(C)=O. The molecule has 1 aliphatic carbocycles. The predicted molar refractivity (Wildman–Crippen MR) is 94.4 cm³/mol. The van der Waals surface area contributed by atoms with E-state index in [9.17, 15) is 34.2 Å². The highest BCUT2D eigenvalue weighted by atomic mass is 16.7. The standard InChI is InChI=1S/C18H26O12/c1-8(20)26-13-14(27-9(2)21)16(29-11(4)23)18(25,6-7-19)17(30-12(5)24)15(13)28-10(3)22/h13-17,19,25H,6-7H2,1-5H3/t13-,14?,15?,16+,17?,18+/m1/s1. The van der Waals surface area contributed by atoms with Gasteiger partial charge in [0, 0.05) is 47.6 Å². The van der Waals surface area contributed by atoms with Gasteiger partial charge in [0.15, 0.2) is 30.5 Å². The number of carbonyl (C=O) groups is 5. The van der Waals surface area contributed by atoms with Crippen LogP contribution in [-0.2, 0) is 47.7 Å². The molecule has 0 heterocycles. The Morgan fingerprint density at radius 3 is 1.20 bits per heavy atom. The Balaban J connectivity index is 3.74. The second-order valence-electron chi connectivity index (χ2n) is 6.75. The lowest BCUT2D eigenvalue weighted by atomic mass is 9.72. The quantitative estimate of drug-likeness (QED) is 0.361. The van der Waals surface area contributed by atoms with Crippen LogP contribution in [0.5, 0.6) is 0 Å². The van der Waals surface area contributed by atoms with Gasteiger partial charge in [-0.25, -0.2) is 0 Å². The van der Waals surface area contributed by atoms with Crippen LogP contribution in [0.15, 0.2) is 0 Å². The first-order valence-corrected chi connectivity index (χ1v) is 9.02. The molecule has 170 valence electrons. The highest BCUT2D eigenvalue weighted by Crippen LogP contribution is 2.40. The molecule has 0 saturated heterocycles. The molecular weight excluding hydrogens is 408 g/mol. The van der Waals surface area contributed by atoms with E-state index in [1.165, 1.54) is 0 Å². The van der Waals surface area contributed by atoms with E-state index in [0.717, 1.165) is 34.6 Å². The molecule has 1 rings (SSSR count). The molecule has 6 atom stereocenters. The Hall–Kier alpha value is -2.73. The van der Waals surface area contributed by atoms with Gasteiger partial charge < -0.3 is 33.9 Å². The zero-order valence-corrected chi connectivity index (χ0v) is 17.3. The molecule has 12 nitrogen and oxygen atoms in total. The predicted octanol–water partition coefficient (Wildman–Crippen LogP) is -1.23. The van der Waals surface area contributed by atoms with Crippen molar-refractivity contribution in [1.82, 2.24) is 0 Å². The molecule has 0 radical (unpaired) electrons. The molecule has 1 saturated carbocycles. The number of aliphatic hydroxyl groups is 2. The molecule has 30 heavy (non-hydrogen) atoms. The fourth-order valence-corrected chi connectivity index (χ4v) is 3.39. The Morgan fingerprint density at radius 1 is 0.633 bits per heavy atom. The van der Waals surface area contributed by atoms with Crippen molar-refractivity contribution in [3.05, 3.63) is 0 Å². The van der Waals surface area contributed by atoms with Gasteiger partial charge in [0.25, 0.3) is 0 Å². The monoisotopic (exact) mass is 434 g/mol. The number of ether oxygens (including phenoxy) is 5. The van der Waals surface area contributed by atoms with Crippen molar-refractivity contribution in [1.29, 1.82) is 0 Å². The first-order chi connectivity index (χ1) is 13.8. The molecule has 12 heteroatoms. The summed E-state index contributed by atoms with van der Waals surface area (Å²) in [5.41, 5.74) is -2.37. The van der Waals surface area contributed by atoms with Crippen LogP contribution in [0.3, 0.4) is 0 Å². The van der Waals surface area contributed by atoms with Crippen LogP contribution in [0.25, 0.3) is 0 Å². The number of aliphatic hydroxyl groups excluding tert-OH is 1. The van der Waals surface area contributed by atoms with E-state index in [2.05, 4.69) is 0 Å². The molecule has 1 aliphatic rings. The summed E-state index contributed by atoms with van der Waals surface area (Å²) >= 11 is 0. The van der Waals surface area contributed by atoms with Crippen molar-refractivity contribution < 1.29 is 57.9 Å². The maximum atomic E-state index is 11.7. The fraction of sp³-hybridized carbons (Fsp3) is 0.722. The fourth-order valence-electron chi connectivity index (χ4n) is 3.39. The van der Waals surface area contributed by atoms with Crippen molar-refractivity contribution in [2.75, 3.05) is 6.61 Å². The summed E-state index contributed by atoms with van der Waals surface area (Å²) in [7, 11) is 0. The summed E-state index contributed by atoms with van der Waals surface area (Å²) in [5.74, 6) is -4.50. The van der Waals surface area contributed by atoms with E-state index in [0.29, 0.717) is 0 Å². The number of hydrogen-bond donors (Lipinski definition) is 2. The lowest BCUT2D eigenvalue weighted by Crippen LogP contribution is -2.74. The van der Waals surface area contributed by atoms with Gasteiger partial charge in [-0.1, -0.05) is 0 Å². The topological polar surface area (TPSA) is 172 Å². The van der Waals surface area contributed by atoms with E-state index in [4.69, 9.17) is 23.7 Å². The summed E-state index contributed by atoms with van der Waals surface area (Å²) in [5, 5.41) is 20.9. The van der Waals surface area contributed by atoms with Crippen LogP contribution >= 0.6 is 0 Å². The first-order valence-electron chi connectivity index (χ1n) is 9.02. The van der Waals surface area contributed by atoms with Gasteiger partial charge in [-0.2, -0.15) is 0 Å². The van der Waals surface area contributed by atoms with Crippen molar-refractivity contribution in [3.8, 4) is 0 Å². The Morgan fingerprint density at radius 2 is 0.933 bits per heavy atom. The summed E-state index contributed by atoms with van der Waals surface area (Å²) < 4.78 is 25.8. The minimum Gasteiger partial charge on any atom is -0.455 e. The second-order valence-corrected chi connectivity index (χ2v) is 6.75. The molecule has 0 aromatic rings. The Bertz CT molecular complexity index is 643. The molecule has 0 aromatic carbocycles. The van der Waals surface area contributed by atoms with Crippen LogP contribution < -0.4 is 0 Å². The first kappa shape index (κ1) is 25.3. The highest BCUT2D eigenvalue weighted by Gasteiger charge is 2.66. The van der Waals surface area contributed by atoms with E-state index in [-0.39, 0.29) is 0 Å². The average molecular weight is 434 g/mol. The third-order valence-electron chi connectivity index (χ3n) is 4.23. The highest BCUT2D eigenvalue weighted by molar-refractivity contribution is 5.70. The van der Waals surface area contributed by atoms with E-state index >= 15 is 0 Å². The van der Waals surface area contributed by atoms with Crippen molar-refractivity contribution in [2.24, 2.45) is 0 Å². The molecule has 1 fully saturated rings.